The monoisotopic (exact) mass is 350 g/mol. The van der Waals surface area contributed by atoms with Gasteiger partial charge < -0.3 is 15.5 Å². The molecule has 1 aliphatic heterocycles. The smallest absolute Gasteiger partial charge is 0.188 e. The molecule has 1 fully saturated rings. The lowest BCUT2D eigenvalue weighted by molar-refractivity contribution is 0.380. The summed E-state index contributed by atoms with van der Waals surface area (Å²) in [5.74, 6) is -0.0927. The van der Waals surface area contributed by atoms with E-state index in [0.717, 1.165) is 31.9 Å². The third kappa shape index (κ3) is 3.45. The van der Waals surface area contributed by atoms with E-state index in [4.69, 9.17) is 11.1 Å². The molecule has 94 valence electrons. The van der Waals surface area contributed by atoms with Gasteiger partial charge in [0.15, 0.2) is 5.96 Å². The van der Waals surface area contributed by atoms with E-state index in [2.05, 4.69) is 4.90 Å². The predicted octanol–water partition coefficient (Wildman–Crippen LogP) is 1.46. The van der Waals surface area contributed by atoms with Crippen LogP contribution in [0.1, 0.15) is 0 Å². The van der Waals surface area contributed by atoms with Gasteiger partial charge in [0.05, 0.1) is 0 Å². The van der Waals surface area contributed by atoms with Crippen molar-refractivity contribution in [2.75, 3.05) is 31.1 Å². The second-order valence-corrected chi connectivity index (χ2v) is 3.84. The zero-order valence-electron chi connectivity index (χ0n) is 9.40. The summed E-state index contributed by atoms with van der Waals surface area (Å²) in [7, 11) is 0. The van der Waals surface area contributed by atoms with Gasteiger partial charge in [0.25, 0.3) is 0 Å². The topological polar surface area (TPSA) is 56.4 Å². The van der Waals surface area contributed by atoms with Crippen LogP contribution in [0.3, 0.4) is 0 Å². The summed E-state index contributed by atoms with van der Waals surface area (Å²) < 4.78 is 12.8. The van der Waals surface area contributed by atoms with Crippen LogP contribution < -0.4 is 10.6 Å². The van der Waals surface area contributed by atoms with Gasteiger partial charge in [-0.25, -0.2) is 4.39 Å². The molecule has 0 radical (unpaired) electrons. The van der Waals surface area contributed by atoms with Crippen molar-refractivity contribution in [2.24, 2.45) is 5.73 Å². The molecule has 0 spiro atoms. The van der Waals surface area contributed by atoms with Crippen molar-refractivity contribution >= 4 is 35.6 Å². The molecule has 1 aromatic carbocycles. The Kier molecular flexibility index (Phi) is 4.98. The third-order valence-electron chi connectivity index (χ3n) is 2.81. The van der Waals surface area contributed by atoms with E-state index >= 15 is 0 Å². The van der Waals surface area contributed by atoms with Crippen LogP contribution in [-0.2, 0) is 0 Å². The lowest BCUT2D eigenvalue weighted by Gasteiger charge is -2.36. The van der Waals surface area contributed by atoms with Crippen molar-refractivity contribution < 1.29 is 4.39 Å². The second-order valence-electron chi connectivity index (χ2n) is 3.84. The molecule has 1 aromatic rings. The number of anilines is 1. The Labute approximate surface area is 117 Å². The van der Waals surface area contributed by atoms with Gasteiger partial charge in [0, 0.05) is 31.9 Å². The highest BCUT2D eigenvalue weighted by Gasteiger charge is 2.17. The summed E-state index contributed by atoms with van der Waals surface area (Å²) in [6.45, 7) is 3.11. The number of benzene rings is 1. The lowest BCUT2D eigenvalue weighted by atomic mass is 10.2. The van der Waals surface area contributed by atoms with E-state index in [0.29, 0.717) is 0 Å². The predicted molar refractivity (Wildman–Crippen MR) is 77.5 cm³/mol. The van der Waals surface area contributed by atoms with Crippen molar-refractivity contribution in [3.63, 3.8) is 0 Å². The van der Waals surface area contributed by atoms with Gasteiger partial charge in [-0.05, 0) is 24.3 Å². The average Bonchev–Trinajstić information content (AvgIpc) is 2.30. The fourth-order valence-electron chi connectivity index (χ4n) is 1.86. The minimum Gasteiger partial charge on any atom is -0.370 e. The van der Waals surface area contributed by atoms with E-state index in [9.17, 15) is 4.39 Å². The van der Waals surface area contributed by atoms with Crippen molar-refractivity contribution in [1.82, 2.24) is 4.90 Å². The minimum absolute atomic E-state index is 0. The number of rotatable bonds is 1. The first-order valence-electron chi connectivity index (χ1n) is 5.26. The van der Waals surface area contributed by atoms with E-state index in [1.807, 2.05) is 4.90 Å². The first-order valence-corrected chi connectivity index (χ1v) is 5.26. The number of halogens is 2. The summed E-state index contributed by atoms with van der Waals surface area (Å²) in [6.07, 6.45) is 0. The number of guanidine groups is 1. The van der Waals surface area contributed by atoms with Crippen LogP contribution in [0.15, 0.2) is 24.3 Å². The molecule has 0 saturated carbocycles. The summed E-state index contributed by atoms with van der Waals surface area (Å²) in [6, 6.07) is 6.48. The first kappa shape index (κ1) is 14.0. The number of piperazine rings is 1. The molecular formula is C11H16FIN4. The van der Waals surface area contributed by atoms with Crippen molar-refractivity contribution in [3.05, 3.63) is 30.1 Å². The van der Waals surface area contributed by atoms with E-state index in [1.54, 1.807) is 12.1 Å². The zero-order chi connectivity index (χ0) is 11.5. The molecule has 3 N–H and O–H groups in total. The zero-order valence-corrected chi connectivity index (χ0v) is 11.7. The molecule has 1 aliphatic rings. The Hall–Kier alpha value is -1.05. The van der Waals surface area contributed by atoms with E-state index < -0.39 is 0 Å². The van der Waals surface area contributed by atoms with Gasteiger partial charge in [0.1, 0.15) is 5.82 Å². The minimum atomic E-state index is -0.217. The van der Waals surface area contributed by atoms with Crippen LogP contribution in [0.2, 0.25) is 0 Å². The molecule has 0 aliphatic carbocycles. The standard InChI is InChI=1S/C11H15FN4.HI/c12-9-1-3-10(4-2-9)15-5-7-16(8-6-15)11(13)14;/h1-4H,5-8H2,(H3,13,14);1H. The Bertz CT molecular complexity index is 374. The Balaban J connectivity index is 0.00000144. The summed E-state index contributed by atoms with van der Waals surface area (Å²) >= 11 is 0. The molecule has 0 amide bonds. The van der Waals surface area contributed by atoms with Gasteiger partial charge in [0.2, 0.25) is 0 Å². The molecule has 4 nitrogen and oxygen atoms in total. The van der Waals surface area contributed by atoms with Gasteiger partial charge in [-0.3, -0.25) is 5.41 Å². The van der Waals surface area contributed by atoms with Crippen molar-refractivity contribution in [2.45, 2.75) is 0 Å². The quantitative estimate of drug-likeness (QED) is 0.458. The maximum Gasteiger partial charge on any atom is 0.188 e. The van der Waals surface area contributed by atoms with Gasteiger partial charge in [-0.2, -0.15) is 0 Å². The van der Waals surface area contributed by atoms with Crippen LogP contribution in [0.25, 0.3) is 0 Å². The number of hydrogen-bond donors (Lipinski definition) is 2. The number of nitrogens with zero attached hydrogens (tertiary/aromatic N) is 2. The fourth-order valence-corrected chi connectivity index (χ4v) is 1.86. The number of hydrogen-bond acceptors (Lipinski definition) is 2. The third-order valence-corrected chi connectivity index (χ3v) is 2.81. The molecule has 0 unspecified atom stereocenters. The Morgan fingerprint density at radius 1 is 1.12 bits per heavy atom. The van der Waals surface area contributed by atoms with Crippen molar-refractivity contribution in [1.29, 1.82) is 5.41 Å². The lowest BCUT2D eigenvalue weighted by Crippen LogP contribution is -2.50. The normalized spacial score (nSPS) is 15.4. The Morgan fingerprint density at radius 3 is 2.12 bits per heavy atom. The molecule has 1 heterocycles. The van der Waals surface area contributed by atoms with Gasteiger partial charge in [-0.1, -0.05) is 0 Å². The van der Waals surface area contributed by atoms with E-state index in [1.165, 1.54) is 12.1 Å². The average molecular weight is 350 g/mol. The molecular weight excluding hydrogens is 334 g/mol. The van der Waals surface area contributed by atoms with Crippen LogP contribution in [0, 0.1) is 11.2 Å². The molecule has 1 saturated heterocycles. The van der Waals surface area contributed by atoms with Gasteiger partial charge >= 0.3 is 0 Å². The maximum absolute atomic E-state index is 12.8. The molecule has 0 bridgehead atoms. The molecule has 6 heteroatoms. The van der Waals surface area contributed by atoms with Crippen LogP contribution in [-0.4, -0.2) is 37.0 Å². The highest BCUT2D eigenvalue weighted by molar-refractivity contribution is 14.0. The Morgan fingerprint density at radius 2 is 1.65 bits per heavy atom. The van der Waals surface area contributed by atoms with Crippen LogP contribution in [0.4, 0.5) is 10.1 Å². The first-order chi connectivity index (χ1) is 7.66. The highest BCUT2D eigenvalue weighted by Crippen LogP contribution is 2.16. The van der Waals surface area contributed by atoms with Gasteiger partial charge in [-0.15, -0.1) is 24.0 Å². The molecule has 17 heavy (non-hydrogen) atoms. The maximum atomic E-state index is 12.8. The molecule has 0 aromatic heterocycles. The summed E-state index contributed by atoms with van der Waals surface area (Å²) in [5, 5.41) is 7.32. The van der Waals surface area contributed by atoms with Crippen LogP contribution in [0.5, 0.6) is 0 Å². The van der Waals surface area contributed by atoms with E-state index in [-0.39, 0.29) is 35.8 Å². The SMILES string of the molecule is I.N=C(N)N1CCN(c2ccc(F)cc2)CC1. The number of nitrogens with one attached hydrogen (secondary N) is 1. The van der Waals surface area contributed by atoms with Crippen molar-refractivity contribution in [3.8, 4) is 0 Å². The second kappa shape index (κ2) is 6.04. The largest absolute Gasteiger partial charge is 0.370 e. The summed E-state index contributed by atoms with van der Waals surface area (Å²) in [5.41, 5.74) is 6.43. The highest BCUT2D eigenvalue weighted by atomic mass is 127. The molecule has 2 rings (SSSR count). The molecule has 0 atom stereocenters. The summed E-state index contributed by atoms with van der Waals surface area (Å²) in [4.78, 5) is 4.00. The number of nitrogens with two attached hydrogens (primary N) is 1. The van der Waals surface area contributed by atoms with Crippen LogP contribution >= 0.6 is 24.0 Å². The fraction of sp³-hybridized carbons (Fsp3) is 0.364.